The minimum Gasteiger partial charge on any atom is -0.491 e. The van der Waals surface area contributed by atoms with Crippen LogP contribution >= 0.6 is 11.6 Å². The van der Waals surface area contributed by atoms with Crippen LogP contribution in [0.1, 0.15) is 25.0 Å². The van der Waals surface area contributed by atoms with E-state index in [1.807, 2.05) is 36.4 Å². The maximum atomic E-state index is 10.2. The number of nitrogens with one attached hydrogen (secondary N) is 1. The van der Waals surface area contributed by atoms with Crippen molar-refractivity contribution >= 4 is 30.6 Å². The third-order valence-corrected chi connectivity index (χ3v) is 5.78. The molecule has 0 saturated carbocycles. The van der Waals surface area contributed by atoms with Gasteiger partial charge in [-0.2, -0.15) is 0 Å². The molecule has 0 aliphatic carbocycles. The zero-order valence-corrected chi connectivity index (χ0v) is 20.4. The lowest BCUT2D eigenvalue weighted by Crippen LogP contribution is -2.37. The van der Waals surface area contributed by atoms with Crippen LogP contribution < -0.4 is 27.1 Å². The number of nitrogens with two attached hydrogens (primary N) is 2. The number of rotatable bonds is 13. The summed E-state index contributed by atoms with van der Waals surface area (Å²) < 4.78 is 5.55. The molecule has 8 N–H and O–H groups in total. The molecule has 0 aromatic heterocycles. The molecule has 0 heterocycles. The summed E-state index contributed by atoms with van der Waals surface area (Å²) in [5, 5.41) is 33.1. The van der Waals surface area contributed by atoms with Gasteiger partial charge in [-0.1, -0.05) is 43.6 Å². The molecule has 2 radical (unpaired) electrons. The minimum atomic E-state index is -0.749. The third-order valence-electron chi connectivity index (χ3n) is 5.43. The molecule has 34 heavy (non-hydrogen) atoms. The second-order valence-electron chi connectivity index (χ2n) is 8.67. The molecule has 10 heteroatoms. The molecule has 0 saturated heterocycles. The fourth-order valence-corrected chi connectivity index (χ4v) is 3.41. The lowest BCUT2D eigenvalue weighted by molar-refractivity contribution is 0.126. The Labute approximate surface area is 207 Å². The average molecular weight is 489 g/mol. The van der Waals surface area contributed by atoms with Gasteiger partial charge < -0.3 is 36.1 Å². The van der Waals surface area contributed by atoms with E-state index in [9.17, 15) is 10.2 Å². The van der Waals surface area contributed by atoms with Gasteiger partial charge in [0.1, 0.15) is 26.3 Å². The number of ether oxygens (including phenoxy) is 1. The highest BCUT2D eigenvalue weighted by Crippen LogP contribution is 2.32. The van der Waals surface area contributed by atoms with E-state index in [0.29, 0.717) is 17.8 Å². The molecule has 0 spiro atoms. The number of aliphatic hydroxyl groups excluding tert-OH is 3. The van der Waals surface area contributed by atoms with E-state index in [0.717, 1.165) is 16.8 Å². The van der Waals surface area contributed by atoms with Gasteiger partial charge in [0.05, 0.1) is 30.8 Å². The molecule has 0 unspecified atom stereocenters. The molecule has 2 aromatic rings. The summed E-state index contributed by atoms with van der Waals surface area (Å²) in [6.45, 7) is 4.44. The first-order chi connectivity index (χ1) is 16.1. The fourth-order valence-electron chi connectivity index (χ4n) is 3.32. The Morgan fingerprint density at radius 2 is 1.82 bits per heavy atom. The molecule has 0 aliphatic heterocycles. The van der Waals surface area contributed by atoms with Crippen molar-refractivity contribution in [2.45, 2.75) is 31.5 Å². The van der Waals surface area contributed by atoms with Crippen LogP contribution in [0, 0.1) is 0 Å². The van der Waals surface area contributed by atoms with Crippen LogP contribution in [0.15, 0.2) is 54.4 Å². The Hall–Kier alpha value is -2.43. The first-order valence-electron chi connectivity index (χ1n) is 10.9. The summed E-state index contributed by atoms with van der Waals surface area (Å²) in [5.74, 6) is 6.35. The van der Waals surface area contributed by atoms with E-state index in [4.69, 9.17) is 40.9 Å². The van der Waals surface area contributed by atoms with Crippen LogP contribution in [-0.2, 0) is 5.41 Å². The zero-order chi connectivity index (χ0) is 25.3. The van der Waals surface area contributed by atoms with Crippen molar-refractivity contribution in [3.05, 3.63) is 65.5 Å². The third kappa shape index (κ3) is 8.11. The summed E-state index contributed by atoms with van der Waals surface area (Å²) in [6.07, 6.45) is -0.103. The quantitative estimate of drug-likeness (QED) is 0.104. The molecule has 2 aromatic carbocycles. The summed E-state index contributed by atoms with van der Waals surface area (Å²) in [6, 6.07) is 13.6. The highest BCUT2D eigenvalue weighted by molar-refractivity contribution is 6.34. The van der Waals surface area contributed by atoms with E-state index in [1.165, 1.54) is 11.2 Å². The predicted octanol–water partition coefficient (Wildman–Crippen LogP) is 0.526. The van der Waals surface area contributed by atoms with Crippen molar-refractivity contribution in [3.63, 3.8) is 0 Å². The Balaban J connectivity index is 1.99. The number of hydrogen-bond acceptors (Lipinski definition) is 8. The number of anilines is 1. The molecule has 0 amide bonds. The normalized spacial score (nSPS) is 13.9. The topological polar surface area (TPSA) is 137 Å². The number of alkyl halides is 1. The van der Waals surface area contributed by atoms with Crippen molar-refractivity contribution in [2.24, 2.45) is 11.6 Å². The average Bonchev–Trinajstić information content (AvgIpc) is 2.81. The van der Waals surface area contributed by atoms with Gasteiger partial charge in [0.2, 0.25) is 0 Å². The lowest BCUT2D eigenvalue weighted by atomic mass is 9.76. The van der Waals surface area contributed by atoms with Gasteiger partial charge in [-0.05, 0) is 29.3 Å². The number of aliphatic hydroxyl groups is 3. The lowest BCUT2D eigenvalue weighted by Gasteiger charge is -2.27. The van der Waals surface area contributed by atoms with E-state index in [-0.39, 0.29) is 36.8 Å². The Kier molecular flexibility index (Phi) is 10.5. The van der Waals surface area contributed by atoms with Gasteiger partial charge in [0, 0.05) is 23.8 Å². The van der Waals surface area contributed by atoms with Gasteiger partial charge >= 0.3 is 0 Å². The van der Waals surface area contributed by atoms with E-state index in [2.05, 4.69) is 19.2 Å². The van der Waals surface area contributed by atoms with Crippen molar-refractivity contribution in [1.29, 1.82) is 0 Å². The molecule has 2 rings (SSSR count). The molecule has 8 nitrogen and oxygen atoms in total. The molecular formula is C24H34BClN4O4. The minimum absolute atomic E-state index is 0.0797. The Bertz CT molecular complexity index is 943. The highest BCUT2D eigenvalue weighted by atomic mass is 35.5. The fraction of sp³-hybridized carbons (Fsp3) is 0.417. The Morgan fingerprint density at radius 3 is 2.41 bits per heavy atom. The zero-order valence-electron chi connectivity index (χ0n) is 19.6. The largest absolute Gasteiger partial charge is 0.491 e. The number of benzene rings is 2. The Morgan fingerprint density at radius 1 is 1.18 bits per heavy atom. The van der Waals surface area contributed by atoms with Crippen molar-refractivity contribution < 1.29 is 20.1 Å². The molecule has 0 bridgehead atoms. The summed E-state index contributed by atoms with van der Waals surface area (Å²) in [7, 11) is 6.18. The van der Waals surface area contributed by atoms with E-state index < -0.39 is 12.2 Å². The number of hydrazine groups is 1. The maximum absolute atomic E-state index is 10.2. The summed E-state index contributed by atoms with van der Waals surface area (Å²) in [4.78, 5) is 0. The van der Waals surface area contributed by atoms with Gasteiger partial charge in [0.15, 0.2) is 0 Å². The number of halogens is 1. The van der Waals surface area contributed by atoms with Crippen molar-refractivity contribution in [2.75, 3.05) is 37.5 Å². The standard InChI is InChI=1S/C24H34BClN4O4/c1-24(2,17-5-8-23(22(25)9-17)34-15-20(32)10-26)16-3-6-19(7-4-16)29-11-21(33)13-30(28)12-18(27)14-31/h3-9,12,20-21,29,31-33H,10-11,13-15,27-28H2,1-2H3/b18-12-/t20-,21+/m1/s1. The van der Waals surface area contributed by atoms with Crippen LogP contribution in [0.4, 0.5) is 5.69 Å². The summed E-state index contributed by atoms with van der Waals surface area (Å²) >= 11 is 5.60. The van der Waals surface area contributed by atoms with Gasteiger partial charge in [-0.25, -0.2) is 5.84 Å². The van der Waals surface area contributed by atoms with Gasteiger partial charge in [0.25, 0.3) is 0 Å². The maximum Gasteiger partial charge on any atom is 0.119 e. The SMILES string of the molecule is [B]c1cc(C(C)(C)c2ccc(NC[C@H](O)CN(N)/C=C(\N)CO)cc2)ccc1OC[C@H](O)CCl. The first kappa shape index (κ1) is 27.8. The summed E-state index contributed by atoms with van der Waals surface area (Å²) in [5.41, 5.74) is 8.86. The first-order valence-corrected chi connectivity index (χ1v) is 11.5. The van der Waals surface area contributed by atoms with Crippen LogP contribution in [0.3, 0.4) is 0 Å². The van der Waals surface area contributed by atoms with E-state index >= 15 is 0 Å². The van der Waals surface area contributed by atoms with Gasteiger partial charge in [-0.15, -0.1) is 11.6 Å². The second kappa shape index (κ2) is 12.9. The molecule has 0 fully saturated rings. The van der Waals surface area contributed by atoms with Crippen molar-refractivity contribution in [1.82, 2.24) is 5.01 Å². The van der Waals surface area contributed by atoms with Crippen LogP contribution in [0.2, 0.25) is 0 Å². The monoisotopic (exact) mass is 488 g/mol. The molecule has 184 valence electrons. The van der Waals surface area contributed by atoms with Crippen LogP contribution in [0.5, 0.6) is 5.75 Å². The number of hydrogen-bond donors (Lipinski definition) is 6. The van der Waals surface area contributed by atoms with Crippen LogP contribution in [-0.4, -0.2) is 72.6 Å². The molecule has 0 aliphatic rings. The molecule has 2 atom stereocenters. The number of nitrogens with zero attached hydrogens (tertiary/aromatic N) is 1. The van der Waals surface area contributed by atoms with E-state index in [1.54, 1.807) is 6.07 Å². The van der Waals surface area contributed by atoms with Gasteiger partial charge in [-0.3, -0.25) is 0 Å². The smallest absolute Gasteiger partial charge is 0.119 e. The second-order valence-corrected chi connectivity index (χ2v) is 8.98. The van der Waals surface area contributed by atoms with Crippen molar-refractivity contribution in [3.8, 4) is 5.75 Å². The predicted molar refractivity (Wildman–Crippen MR) is 137 cm³/mol. The van der Waals surface area contributed by atoms with Crippen LogP contribution in [0.25, 0.3) is 0 Å². The highest BCUT2D eigenvalue weighted by Gasteiger charge is 2.24. The molecular weight excluding hydrogens is 455 g/mol.